The molecule has 3 aliphatic heterocycles. The second-order valence-corrected chi connectivity index (χ2v) is 6.73. The van der Waals surface area contributed by atoms with Gasteiger partial charge in [0.1, 0.15) is 6.54 Å². The van der Waals surface area contributed by atoms with Gasteiger partial charge >= 0.3 is 0 Å². The van der Waals surface area contributed by atoms with E-state index in [9.17, 15) is 4.79 Å². The van der Waals surface area contributed by atoms with Crippen LogP contribution < -0.4 is 5.32 Å². The van der Waals surface area contributed by atoms with Gasteiger partial charge in [-0.05, 0) is 32.6 Å². The molecule has 0 aromatic rings. The minimum Gasteiger partial charge on any atom is -0.381 e. The van der Waals surface area contributed by atoms with Crippen LogP contribution >= 0.6 is 0 Å². The summed E-state index contributed by atoms with van der Waals surface area (Å²) in [7, 11) is 0. The molecule has 0 aromatic heterocycles. The van der Waals surface area contributed by atoms with Crippen LogP contribution in [-0.4, -0.2) is 74.1 Å². The molecular formula is C16H28N4O2. The number of carbonyl (C=O) groups excluding carboxylic acids is 1. The van der Waals surface area contributed by atoms with Gasteiger partial charge in [0.25, 0.3) is 0 Å². The lowest BCUT2D eigenvalue weighted by Crippen LogP contribution is -2.42. The molecule has 1 atom stereocenters. The van der Waals surface area contributed by atoms with Gasteiger partial charge in [0.15, 0.2) is 5.96 Å². The molecule has 0 aliphatic carbocycles. The van der Waals surface area contributed by atoms with Gasteiger partial charge in [0.05, 0.1) is 6.61 Å². The van der Waals surface area contributed by atoms with Crippen LogP contribution in [0, 0.1) is 5.41 Å². The Kier molecular flexibility index (Phi) is 4.86. The van der Waals surface area contributed by atoms with Crippen LogP contribution in [0.25, 0.3) is 0 Å². The van der Waals surface area contributed by atoms with Crippen molar-refractivity contribution in [2.24, 2.45) is 10.4 Å². The Labute approximate surface area is 132 Å². The summed E-state index contributed by atoms with van der Waals surface area (Å²) in [5.41, 5.74) is 0.315. The topological polar surface area (TPSA) is 57.2 Å². The number of amides is 1. The van der Waals surface area contributed by atoms with Crippen molar-refractivity contribution in [3.63, 3.8) is 0 Å². The van der Waals surface area contributed by atoms with Crippen LogP contribution in [0.1, 0.15) is 32.6 Å². The van der Waals surface area contributed by atoms with Gasteiger partial charge in [-0.15, -0.1) is 0 Å². The summed E-state index contributed by atoms with van der Waals surface area (Å²) in [6, 6.07) is 0. The maximum Gasteiger partial charge on any atom is 0.244 e. The van der Waals surface area contributed by atoms with E-state index in [1.54, 1.807) is 0 Å². The van der Waals surface area contributed by atoms with Crippen LogP contribution in [0.5, 0.6) is 0 Å². The summed E-state index contributed by atoms with van der Waals surface area (Å²) in [4.78, 5) is 21.0. The SMILES string of the molecule is CCNC(=NCC(=O)N1CCCC1)N1CCC2(CCOC2)C1. The molecule has 3 heterocycles. The predicted octanol–water partition coefficient (Wildman–Crippen LogP) is 0.687. The molecule has 22 heavy (non-hydrogen) atoms. The zero-order valence-corrected chi connectivity index (χ0v) is 13.6. The molecular weight excluding hydrogens is 280 g/mol. The number of aliphatic imine (C=N–C) groups is 1. The highest BCUT2D eigenvalue weighted by atomic mass is 16.5. The molecule has 1 unspecified atom stereocenters. The second kappa shape index (κ2) is 6.86. The van der Waals surface area contributed by atoms with Crippen molar-refractivity contribution < 1.29 is 9.53 Å². The highest BCUT2D eigenvalue weighted by molar-refractivity contribution is 5.85. The average molecular weight is 308 g/mol. The molecule has 0 aromatic carbocycles. The van der Waals surface area contributed by atoms with Crippen molar-refractivity contribution in [2.75, 3.05) is 52.5 Å². The fourth-order valence-corrected chi connectivity index (χ4v) is 3.72. The normalized spacial score (nSPS) is 28.9. The Bertz CT molecular complexity index is 426. The highest BCUT2D eigenvalue weighted by Crippen LogP contribution is 2.38. The van der Waals surface area contributed by atoms with E-state index < -0.39 is 0 Å². The van der Waals surface area contributed by atoms with Crippen LogP contribution in [0.15, 0.2) is 4.99 Å². The van der Waals surface area contributed by atoms with Gasteiger partial charge in [0, 0.05) is 44.7 Å². The third kappa shape index (κ3) is 3.37. The number of nitrogens with zero attached hydrogens (tertiary/aromatic N) is 3. The molecule has 1 amide bonds. The number of guanidine groups is 1. The molecule has 3 fully saturated rings. The summed E-state index contributed by atoms with van der Waals surface area (Å²) in [5, 5.41) is 3.34. The van der Waals surface area contributed by atoms with E-state index in [1.165, 1.54) is 0 Å². The number of ether oxygens (including phenoxy) is 1. The van der Waals surface area contributed by atoms with Crippen LogP contribution in [-0.2, 0) is 9.53 Å². The van der Waals surface area contributed by atoms with Gasteiger partial charge < -0.3 is 19.9 Å². The van der Waals surface area contributed by atoms with E-state index >= 15 is 0 Å². The van der Waals surface area contributed by atoms with E-state index in [1.807, 2.05) is 4.90 Å². The van der Waals surface area contributed by atoms with Crippen molar-refractivity contribution in [1.29, 1.82) is 0 Å². The van der Waals surface area contributed by atoms with E-state index in [0.717, 1.165) is 77.6 Å². The van der Waals surface area contributed by atoms with Crippen molar-refractivity contribution in [2.45, 2.75) is 32.6 Å². The van der Waals surface area contributed by atoms with Crippen molar-refractivity contribution in [1.82, 2.24) is 15.1 Å². The standard InChI is InChI=1S/C16H28N4O2/c1-2-17-15(18-11-14(21)19-7-3-4-8-19)20-9-5-16(12-20)6-10-22-13-16/h2-13H2,1H3,(H,17,18). The second-order valence-electron chi connectivity index (χ2n) is 6.73. The Morgan fingerprint density at radius 2 is 2.05 bits per heavy atom. The van der Waals surface area contributed by atoms with Crippen molar-refractivity contribution >= 4 is 11.9 Å². The van der Waals surface area contributed by atoms with E-state index in [0.29, 0.717) is 5.41 Å². The Morgan fingerprint density at radius 1 is 1.23 bits per heavy atom. The van der Waals surface area contributed by atoms with Gasteiger partial charge in [-0.25, -0.2) is 4.99 Å². The first-order chi connectivity index (χ1) is 10.7. The van der Waals surface area contributed by atoms with Gasteiger partial charge in [-0.1, -0.05) is 0 Å². The van der Waals surface area contributed by atoms with Crippen LogP contribution in [0.2, 0.25) is 0 Å². The van der Waals surface area contributed by atoms with Crippen LogP contribution in [0.3, 0.4) is 0 Å². The lowest BCUT2D eigenvalue weighted by atomic mass is 9.87. The average Bonchev–Trinajstić information content (AvgIpc) is 3.27. The largest absolute Gasteiger partial charge is 0.381 e. The lowest BCUT2D eigenvalue weighted by Gasteiger charge is -2.25. The Balaban J connectivity index is 1.59. The lowest BCUT2D eigenvalue weighted by molar-refractivity contribution is -0.128. The molecule has 1 N–H and O–H groups in total. The summed E-state index contributed by atoms with van der Waals surface area (Å²) in [6.07, 6.45) is 4.57. The zero-order valence-electron chi connectivity index (χ0n) is 13.6. The number of carbonyl (C=O) groups is 1. The minimum atomic E-state index is 0.158. The third-order valence-corrected chi connectivity index (χ3v) is 5.08. The van der Waals surface area contributed by atoms with Crippen LogP contribution in [0.4, 0.5) is 0 Å². The quantitative estimate of drug-likeness (QED) is 0.615. The molecule has 6 nitrogen and oxygen atoms in total. The summed E-state index contributed by atoms with van der Waals surface area (Å²) < 4.78 is 5.59. The van der Waals surface area contributed by atoms with E-state index in [2.05, 4.69) is 22.1 Å². The molecule has 124 valence electrons. The fraction of sp³-hybridized carbons (Fsp3) is 0.875. The van der Waals surface area contributed by atoms with Gasteiger partial charge in [-0.2, -0.15) is 0 Å². The first-order valence-corrected chi connectivity index (χ1v) is 8.61. The smallest absolute Gasteiger partial charge is 0.244 e. The summed E-state index contributed by atoms with van der Waals surface area (Å²) in [6.45, 7) is 8.72. The first kappa shape index (κ1) is 15.6. The third-order valence-electron chi connectivity index (χ3n) is 5.08. The zero-order chi connectivity index (χ0) is 15.4. The molecule has 0 radical (unpaired) electrons. The first-order valence-electron chi connectivity index (χ1n) is 8.61. The number of hydrogen-bond acceptors (Lipinski definition) is 3. The molecule has 3 rings (SSSR count). The summed E-state index contributed by atoms with van der Waals surface area (Å²) in [5.74, 6) is 1.05. The Hall–Kier alpha value is -1.30. The molecule has 3 saturated heterocycles. The number of nitrogens with one attached hydrogen (secondary N) is 1. The van der Waals surface area contributed by atoms with Crippen molar-refractivity contribution in [3.8, 4) is 0 Å². The number of likely N-dealkylation sites (tertiary alicyclic amines) is 2. The maximum absolute atomic E-state index is 12.2. The fourth-order valence-electron chi connectivity index (χ4n) is 3.72. The molecule has 0 saturated carbocycles. The predicted molar refractivity (Wildman–Crippen MR) is 85.9 cm³/mol. The minimum absolute atomic E-state index is 0.158. The summed E-state index contributed by atoms with van der Waals surface area (Å²) >= 11 is 0. The van der Waals surface area contributed by atoms with E-state index in [4.69, 9.17) is 4.74 Å². The molecule has 3 aliphatic rings. The molecule has 0 bridgehead atoms. The van der Waals surface area contributed by atoms with Gasteiger partial charge in [0.2, 0.25) is 5.91 Å². The monoisotopic (exact) mass is 308 g/mol. The molecule has 6 heteroatoms. The van der Waals surface area contributed by atoms with E-state index in [-0.39, 0.29) is 12.5 Å². The van der Waals surface area contributed by atoms with Gasteiger partial charge in [-0.3, -0.25) is 4.79 Å². The number of hydrogen-bond donors (Lipinski definition) is 1. The maximum atomic E-state index is 12.2. The van der Waals surface area contributed by atoms with Crippen molar-refractivity contribution in [3.05, 3.63) is 0 Å². The molecule has 1 spiro atoms. The highest BCUT2D eigenvalue weighted by Gasteiger charge is 2.42. The Morgan fingerprint density at radius 3 is 2.73 bits per heavy atom. The number of rotatable bonds is 3.